The molecule has 0 radical (unpaired) electrons. The standard InChI is InChI=1S/C39H50N6O6S3/c1-25-18-29(46)19-26(2)31(25)22-41-36(48)28(20-27-10-8-7-9-11-27)21-30(47)23-44-16-17-45(24-33(44)37(49)43-39(3,4)5)54(50,51)35-13-12-34(53-35)32-14-15-40-38(42-32)52-6/h7-15,18-19,28,30,33,46-47H,16-17,20-24H2,1-6H3,(H,41,48)(H,43,49)/t28-,30+,33+/m1/s1. The van der Waals surface area contributed by atoms with Gasteiger partial charge in [0.15, 0.2) is 5.16 Å². The molecule has 15 heteroatoms. The molecule has 2 aromatic carbocycles. The summed E-state index contributed by atoms with van der Waals surface area (Å²) < 4.78 is 29.5. The van der Waals surface area contributed by atoms with Crippen LogP contribution in [-0.4, -0.2) is 99.7 Å². The van der Waals surface area contributed by atoms with E-state index < -0.39 is 33.6 Å². The molecule has 0 bridgehead atoms. The summed E-state index contributed by atoms with van der Waals surface area (Å²) in [4.78, 5) is 38.8. The molecule has 3 heterocycles. The monoisotopic (exact) mass is 794 g/mol. The maximum Gasteiger partial charge on any atom is 0.252 e. The molecule has 4 aromatic rings. The number of hydrogen-bond acceptors (Lipinski definition) is 11. The number of aliphatic hydroxyl groups is 1. The number of rotatable bonds is 14. The summed E-state index contributed by atoms with van der Waals surface area (Å²) in [5.74, 6) is -0.976. The van der Waals surface area contributed by atoms with Crippen molar-refractivity contribution in [2.45, 2.75) is 81.1 Å². The van der Waals surface area contributed by atoms with Crippen molar-refractivity contribution in [3.05, 3.63) is 89.1 Å². The largest absolute Gasteiger partial charge is 0.508 e. The number of benzene rings is 2. The molecule has 3 atom stereocenters. The zero-order chi connectivity index (χ0) is 39.2. The smallest absolute Gasteiger partial charge is 0.252 e. The number of nitrogens with zero attached hydrogens (tertiary/aromatic N) is 4. The van der Waals surface area contributed by atoms with Crippen LogP contribution in [0.25, 0.3) is 10.6 Å². The Labute approximate surface area is 326 Å². The molecule has 12 nitrogen and oxygen atoms in total. The number of sulfonamides is 1. The van der Waals surface area contributed by atoms with Gasteiger partial charge in [-0.1, -0.05) is 42.1 Å². The third-order valence-corrected chi connectivity index (χ3v) is 13.3. The van der Waals surface area contributed by atoms with Gasteiger partial charge in [0.2, 0.25) is 11.8 Å². The van der Waals surface area contributed by atoms with E-state index in [0.29, 0.717) is 22.1 Å². The Kier molecular flexibility index (Phi) is 13.6. The number of amides is 2. The van der Waals surface area contributed by atoms with Gasteiger partial charge in [0.05, 0.1) is 16.7 Å². The summed E-state index contributed by atoms with van der Waals surface area (Å²) in [6.45, 7) is 9.90. The van der Waals surface area contributed by atoms with Crippen LogP contribution in [0.1, 0.15) is 49.4 Å². The zero-order valence-corrected chi connectivity index (χ0v) is 34.0. The highest BCUT2D eigenvalue weighted by Crippen LogP contribution is 2.33. The molecule has 290 valence electrons. The summed E-state index contributed by atoms with van der Waals surface area (Å²) in [7, 11) is -3.96. The van der Waals surface area contributed by atoms with Crippen molar-refractivity contribution in [3.63, 3.8) is 0 Å². The van der Waals surface area contributed by atoms with Crippen LogP contribution in [0.4, 0.5) is 0 Å². The Balaban J connectivity index is 1.32. The number of carbonyl (C=O) groups excluding carboxylic acids is 2. The molecule has 5 rings (SSSR count). The second kappa shape index (κ2) is 17.7. The van der Waals surface area contributed by atoms with Crippen molar-refractivity contribution in [2.24, 2.45) is 5.92 Å². The fourth-order valence-corrected chi connectivity index (χ4v) is 9.88. The number of nitrogens with one attached hydrogen (secondary N) is 2. The number of thiophene rings is 1. The molecular formula is C39H50N6O6S3. The van der Waals surface area contributed by atoms with Crippen LogP contribution in [0.2, 0.25) is 0 Å². The lowest BCUT2D eigenvalue weighted by Crippen LogP contribution is -2.62. The number of aromatic nitrogens is 2. The number of β-amino-alcohol motifs (C(OH)–C–C–N with tert-alkyl or cyclic N) is 1. The van der Waals surface area contributed by atoms with Gasteiger partial charge in [-0.25, -0.2) is 18.4 Å². The minimum atomic E-state index is -3.96. The average molecular weight is 795 g/mol. The predicted octanol–water partition coefficient (Wildman–Crippen LogP) is 4.77. The van der Waals surface area contributed by atoms with Crippen molar-refractivity contribution in [1.82, 2.24) is 29.8 Å². The maximum absolute atomic E-state index is 14.0. The Hall–Kier alpha value is -3.86. The van der Waals surface area contributed by atoms with Crippen molar-refractivity contribution in [1.29, 1.82) is 0 Å². The number of aliphatic hydroxyl groups excluding tert-OH is 1. The third-order valence-electron chi connectivity index (χ3n) is 9.32. The van der Waals surface area contributed by atoms with E-state index >= 15 is 0 Å². The molecule has 0 spiro atoms. The Morgan fingerprint density at radius 3 is 2.43 bits per heavy atom. The molecule has 1 saturated heterocycles. The molecule has 54 heavy (non-hydrogen) atoms. The minimum Gasteiger partial charge on any atom is -0.508 e. The topological polar surface area (TPSA) is 165 Å². The molecule has 1 aliphatic rings. The highest BCUT2D eigenvalue weighted by atomic mass is 32.2. The summed E-state index contributed by atoms with van der Waals surface area (Å²) in [6.07, 6.45) is 3.04. The van der Waals surface area contributed by atoms with E-state index in [-0.39, 0.29) is 60.9 Å². The van der Waals surface area contributed by atoms with E-state index in [2.05, 4.69) is 20.6 Å². The molecule has 0 saturated carbocycles. The van der Waals surface area contributed by atoms with Crippen molar-refractivity contribution >= 4 is 44.9 Å². The van der Waals surface area contributed by atoms with Crippen LogP contribution in [0.15, 0.2) is 76.2 Å². The van der Waals surface area contributed by atoms with Crippen molar-refractivity contribution in [3.8, 4) is 16.3 Å². The number of carbonyl (C=O) groups is 2. The molecule has 0 aliphatic carbocycles. The lowest BCUT2D eigenvalue weighted by molar-refractivity contribution is -0.131. The van der Waals surface area contributed by atoms with Crippen molar-refractivity contribution in [2.75, 3.05) is 32.4 Å². The Bertz CT molecular complexity index is 2010. The van der Waals surface area contributed by atoms with E-state index in [1.165, 1.54) is 16.1 Å². The van der Waals surface area contributed by atoms with Gasteiger partial charge in [0.25, 0.3) is 10.0 Å². The van der Waals surface area contributed by atoms with E-state index in [9.17, 15) is 28.2 Å². The molecule has 1 fully saturated rings. The quantitative estimate of drug-likeness (QED) is 0.103. The molecule has 2 amide bonds. The lowest BCUT2D eigenvalue weighted by atomic mass is 9.92. The van der Waals surface area contributed by atoms with Crippen LogP contribution in [-0.2, 0) is 32.6 Å². The van der Waals surface area contributed by atoms with Crippen LogP contribution < -0.4 is 10.6 Å². The number of phenols is 1. The van der Waals surface area contributed by atoms with Gasteiger partial charge in [0, 0.05) is 50.4 Å². The Morgan fingerprint density at radius 1 is 1.06 bits per heavy atom. The highest BCUT2D eigenvalue weighted by Gasteiger charge is 2.40. The molecule has 1 aliphatic heterocycles. The van der Waals surface area contributed by atoms with E-state index in [1.54, 1.807) is 36.5 Å². The number of hydrogen-bond donors (Lipinski definition) is 4. The van der Waals surface area contributed by atoms with Gasteiger partial charge in [-0.3, -0.25) is 14.5 Å². The second-order valence-electron chi connectivity index (χ2n) is 14.7. The first kappa shape index (κ1) is 41.3. The van der Waals surface area contributed by atoms with Gasteiger partial charge in [0.1, 0.15) is 16.0 Å². The molecule has 4 N–H and O–H groups in total. The number of aryl methyl sites for hydroxylation is 2. The second-order valence-corrected chi connectivity index (χ2v) is 18.7. The number of phenolic OH excluding ortho intramolecular Hbond substituents is 1. The van der Waals surface area contributed by atoms with Gasteiger partial charge in [-0.05, 0) is 106 Å². The predicted molar refractivity (Wildman–Crippen MR) is 213 cm³/mol. The van der Waals surface area contributed by atoms with Gasteiger partial charge in [-0.15, -0.1) is 11.3 Å². The Morgan fingerprint density at radius 2 is 1.76 bits per heavy atom. The molecule has 0 unspecified atom stereocenters. The number of piperazine rings is 1. The first-order valence-corrected chi connectivity index (χ1v) is 21.3. The maximum atomic E-state index is 14.0. The van der Waals surface area contributed by atoms with E-state index in [4.69, 9.17) is 0 Å². The van der Waals surface area contributed by atoms with E-state index in [1.807, 2.05) is 76.1 Å². The van der Waals surface area contributed by atoms with Crippen molar-refractivity contribution < 1.29 is 28.2 Å². The van der Waals surface area contributed by atoms with Crippen LogP contribution in [0, 0.1) is 19.8 Å². The van der Waals surface area contributed by atoms with E-state index in [0.717, 1.165) is 33.6 Å². The fourth-order valence-electron chi connectivity index (χ4n) is 6.66. The first-order valence-electron chi connectivity index (χ1n) is 17.9. The summed E-state index contributed by atoms with van der Waals surface area (Å²) >= 11 is 2.52. The van der Waals surface area contributed by atoms with Crippen LogP contribution in [0.5, 0.6) is 5.75 Å². The lowest BCUT2D eigenvalue weighted by Gasteiger charge is -2.41. The average Bonchev–Trinajstić information content (AvgIpc) is 3.62. The summed E-state index contributed by atoms with van der Waals surface area (Å²) in [5.41, 5.74) is 3.64. The third kappa shape index (κ3) is 10.7. The zero-order valence-electron chi connectivity index (χ0n) is 31.6. The van der Waals surface area contributed by atoms with Gasteiger partial charge in [-0.2, -0.15) is 4.31 Å². The highest BCUT2D eigenvalue weighted by molar-refractivity contribution is 7.98. The van der Waals surface area contributed by atoms with Gasteiger partial charge < -0.3 is 20.8 Å². The summed E-state index contributed by atoms with van der Waals surface area (Å²) in [6, 6.07) is 17.1. The van der Waals surface area contributed by atoms with Crippen LogP contribution in [0.3, 0.4) is 0 Å². The first-order chi connectivity index (χ1) is 25.5. The molecule has 2 aromatic heterocycles. The normalized spacial score (nSPS) is 16.8. The number of thioether (sulfide) groups is 1. The SMILES string of the molecule is CSc1nccc(-c2ccc(S(=O)(=O)N3CCN(C[C@@H](O)C[C@@H](Cc4ccccc4)C(=O)NCc4c(C)cc(O)cc4C)[C@H](C(=O)NC(C)(C)C)C3)s2)n1. The fraction of sp³-hybridized carbons (Fsp3) is 0.436. The van der Waals surface area contributed by atoms with Gasteiger partial charge >= 0.3 is 0 Å². The van der Waals surface area contributed by atoms with Crippen LogP contribution >= 0.6 is 23.1 Å². The minimum absolute atomic E-state index is 0.0689. The molecular weight excluding hydrogens is 745 g/mol. The summed E-state index contributed by atoms with van der Waals surface area (Å²) in [5, 5.41) is 28.2. The number of aromatic hydroxyl groups is 1.